The van der Waals surface area contributed by atoms with Crippen molar-refractivity contribution in [2.45, 2.75) is 38.5 Å². The lowest BCUT2D eigenvalue weighted by Gasteiger charge is -2.33. The average Bonchev–Trinajstić information content (AvgIpc) is 3.10. The number of aromatic nitrogens is 2. The molecule has 8 heteroatoms. The summed E-state index contributed by atoms with van der Waals surface area (Å²) in [7, 11) is 1.65. The highest BCUT2D eigenvalue weighted by atomic mass is 16.5. The number of morpholine rings is 1. The zero-order valence-electron chi connectivity index (χ0n) is 15.0. The van der Waals surface area contributed by atoms with E-state index in [0.717, 1.165) is 5.56 Å². The summed E-state index contributed by atoms with van der Waals surface area (Å²) in [5.74, 6) is 0.585. The Hall–Kier alpha value is -2.74. The second-order valence-electron chi connectivity index (χ2n) is 6.59. The summed E-state index contributed by atoms with van der Waals surface area (Å²) in [6.45, 7) is 3.96. The van der Waals surface area contributed by atoms with Crippen molar-refractivity contribution < 1.29 is 18.8 Å². The Morgan fingerprint density at radius 1 is 1.35 bits per heavy atom. The predicted octanol–water partition coefficient (Wildman–Crippen LogP) is 1.41. The number of likely N-dealkylation sites (N-methyl/N-ethyl adjacent to an activating group) is 1. The van der Waals surface area contributed by atoms with Crippen molar-refractivity contribution in [2.24, 2.45) is 0 Å². The smallest absolute Gasteiger partial charge is 0.254 e. The highest BCUT2D eigenvalue weighted by molar-refractivity contribution is 5.86. The lowest BCUT2D eigenvalue weighted by molar-refractivity contribution is -0.154. The number of hydrogen-bond donors (Lipinski definition) is 1. The van der Waals surface area contributed by atoms with Crippen LogP contribution in [0.5, 0.6) is 0 Å². The third kappa shape index (κ3) is 3.91. The van der Waals surface area contributed by atoms with Crippen LogP contribution in [-0.4, -0.2) is 46.6 Å². The van der Waals surface area contributed by atoms with Crippen LogP contribution < -0.4 is 5.32 Å². The third-order valence-electron chi connectivity index (χ3n) is 4.15. The Balaban J connectivity index is 1.74. The molecule has 2 atom stereocenters. The summed E-state index contributed by atoms with van der Waals surface area (Å²) in [5.41, 5.74) is 0.814. The highest BCUT2D eigenvalue weighted by Gasteiger charge is 2.37. The van der Waals surface area contributed by atoms with Gasteiger partial charge in [0.2, 0.25) is 11.8 Å². The number of nitrogens with one attached hydrogen (secondary N) is 1. The highest BCUT2D eigenvalue weighted by Crippen LogP contribution is 2.24. The van der Waals surface area contributed by atoms with Gasteiger partial charge in [-0.15, -0.1) is 0 Å². The minimum Gasteiger partial charge on any atom is -0.356 e. The molecule has 3 rings (SSSR count). The predicted molar refractivity (Wildman–Crippen MR) is 91.9 cm³/mol. The van der Waals surface area contributed by atoms with Gasteiger partial charge in [-0.1, -0.05) is 49.3 Å². The SMILES string of the molecule is CC(C)c1nc(CN(C)C(=O)C2OCC(=O)NC2c2ccccc2)no1. The molecular weight excluding hydrogens is 336 g/mol. The van der Waals surface area contributed by atoms with E-state index in [1.54, 1.807) is 7.05 Å². The van der Waals surface area contributed by atoms with Crippen molar-refractivity contribution in [1.29, 1.82) is 0 Å². The maximum absolute atomic E-state index is 12.9. The van der Waals surface area contributed by atoms with Gasteiger partial charge in [-0.05, 0) is 5.56 Å². The fraction of sp³-hybridized carbons (Fsp3) is 0.444. The first-order valence-electron chi connectivity index (χ1n) is 8.49. The summed E-state index contributed by atoms with van der Waals surface area (Å²) >= 11 is 0. The third-order valence-corrected chi connectivity index (χ3v) is 4.15. The van der Waals surface area contributed by atoms with E-state index in [1.165, 1.54) is 4.90 Å². The molecule has 1 aliphatic heterocycles. The molecule has 138 valence electrons. The van der Waals surface area contributed by atoms with Gasteiger partial charge in [-0.25, -0.2) is 0 Å². The summed E-state index contributed by atoms with van der Waals surface area (Å²) in [6, 6.07) is 8.76. The Morgan fingerprint density at radius 2 is 2.08 bits per heavy atom. The van der Waals surface area contributed by atoms with E-state index in [2.05, 4.69) is 15.5 Å². The number of rotatable bonds is 5. The molecular formula is C18H22N4O4. The fourth-order valence-corrected chi connectivity index (χ4v) is 2.76. The van der Waals surface area contributed by atoms with Crippen LogP contribution in [0, 0.1) is 0 Å². The molecule has 2 amide bonds. The van der Waals surface area contributed by atoms with Gasteiger partial charge < -0.3 is 19.5 Å². The van der Waals surface area contributed by atoms with Crippen LogP contribution >= 0.6 is 0 Å². The van der Waals surface area contributed by atoms with Crippen LogP contribution in [-0.2, 0) is 20.9 Å². The minimum absolute atomic E-state index is 0.122. The molecule has 8 nitrogen and oxygen atoms in total. The van der Waals surface area contributed by atoms with Crippen molar-refractivity contribution in [3.05, 3.63) is 47.6 Å². The van der Waals surface area contributed by atoms with E-state index >= 15 is 0 Å². The van der Waals surface area contributed by atoms with Gasteiger partial charge in [-0.2, -0.15) is 4.98 Å². The zero-order valence-corrected chi connectivity index (χ0v) is 15.0. The van der Waals surface area contributed by atoms with Crippen LogP contribution in [0.3, 0.4) is 0 Å². The molecule has 0 radical (unpaired) electrons. The van der Waals surface area contributed by atoms with Crippen LogP contribution in [0.25, 0.3) is 0 Å². The number of hydrogen-bond acceptors (Lipinski definition) is 6. The lowest BCUT2D eigenvalue weighted by Crippen LogP contribution is -2.52. The molecule has 1 aromatic carbocycles. The van der Waals surface area contributed by atoms with Gasteiger partial charge in [-0.3, -0.25) is 9.59 Å². The second-order valence-corrected chi connectivity index (χ2v) is 6.59. The van der Waals surface area contributed by atoms with Gasteiger partial charge in [0.05, 0.1) is 12.6 Å². The molecule has 0 bridgehead atoms. The Morgan fingerprint density at radius 3 is 2.73 bits per heavy atom. The standard InChI is InChI=1S/C18H22N4O4/c1-11(2)17-19-13(21-26-17)9-22(3)18(24)16-15(20-14(23)10-25-16)12-7-5-4-6-8-12/h4-8,11,15-16H,9-10H2,1-3H3,(H,20,23). The van der Waals surface area contributed by atoms with Crippen molar-refractivity contribution >= 4 is 11.8 Å². The Bertz CT molecular complexity index is 775. The molecule has 2 aromatic rings. The van der Waals surface area contributed by atoms with Crippen molar-refractivity contribution in [2.75, 3.05) is 13.7 Å². The Labute approximate surface area is 151 Å². The van der Waals surface area contributed by atoms with E-state index in [1.807, 2.05) is 44.2 Å². The summed E-state index contributed by atoms with van der Waals surface area (Å²) < 4.78 is 10.7. The van der Waals surface area contributed by atoms with Gasteiger partial charge in [0.1, 0.15) is 6.61 Å². The van der Waals surface area contributed by atoms with Crippen molar-refractivity contribution in [1.82, 2.24) is 20.4 Å². The first kappa shape index (κ1) is 18.1. The van der Waals surface area contributed by atoms with E-state index in [4.69, 9.17) is 9.26 Å². The molecule has 2 heterocycles. The number of benzene rings is 1. The molecule has 0 spiro atoms. The number of nitrogens with zero attached hydrogens (tertiary/aromatic N) is 3. The van der Waals surface area contributed by atoms with Gasteiger partial charge >= 0.3 is 0 Å². The molecule has 2 unspecified atom stereocenters. The molecule has 1 aliphatic rings. The molecule has 1 saturated heterocycles. The van der Waals surface area contributed by atoms with E-state index in [9.17, 15) is 9.59 Å². The largest absolute Gasteiger partial charge is 0.356 e. The number of carbonyl (C=O) groups is 2. The number of amides is 2. The van der Waals surface area contributed by atoms with Gasteiger partial charge in [0, 0.05) is 13.0 Å². The van der Waals surface area contributed by atoms with Gasteiger partial charge in [0.25, 0.3) is 5.91 Å². The van der Waals surface area contributed by atoms with Crippen LogP contribution in [0.15, 0.2) is 34.9 Å². The quantitative estimate of drug-likeness (QED) is 0.868. The second kappa shape index (κ2) is 7.65. The van der Waals surface area contributed by atoms with E-state index in [0.29, 0.717) is 11.7 Å². The lowest BCUT2D eigenvalue weighted by atomic mass is 9.99. The zero-order chi connectivity index (χ0) is 18.7. The first-order valence-corrected chi connectivity index (χ1v) is 8.49. The topological polar surface area (TPSA) is 97.6 Å². The summed E-state index contributed by atoms with van der Waals surface area (Å²) in [5, 5.41) is 6.74. The first-order chi connectivity index (χ1) is 12.5. The fourth-order valence-electron chi connectivity index (χ4n) is 2.76. The van der Waals surface area contributed by atoms with Crippen LogP contribution in [0.4, 0.5) is 0 Å². The van der Waals surface area contributed by atoms with Crippen LogP contribution in [0.1, 0.15) is 43.1 Å². The number of ether oxygens (including phenoxy) is 1. The van der Waals surface area contributed by atoms with E-state index in [-0.39, 0.29) is 30.9 Å². The average molecular weight is 358 g/mol. The molecule has 1 N–H and O–H groups in total. The van der Waals surface area contributed by atoms with Crippen LogP contribution in [0.2, 0.25) is 0 Å². The summed E-state index contributed by atoms with van der Waals surface area (Å²) in [6.07, 6.45) is -0.809. The molecule has 1 aromatic heterocycles. The maximum atomic E-state index is 12.9. The molecule has 26 heavy (non-hydrogen) atoms. The molecule has 1 fully saturated rings. The minimum atomic E-state index is -0.809. The normalized spacial score (nSPS) is 20.1. The Kier molecular flexibility index (Phi) is 5.32. The molecule has 0 aliphatic carbocycles. The van der Waals surface area contributed by atoms with Gasteiger partial charge in [0.15, 0.2) is 11.9 Å². The van der Waals surface area contributed by atoms with Crippen molar-refractivity contribution in [3.8, 4) is 0 Å². The van der Waals surface area contributed by atoms with Crippen molar-refractivity contribution in [3.63, 3.8) is 0 Å². The summed E-state index contributed by atoms with van der Waals surface area (Å²) in [4.78, 5) is 30.4. The monoisotopic (exact) mass is 358 g/mol. The maximum Gasteiger partial charge on any atom is 0.254 e. The number of carbonyl (C=O) groups excluding carboxylic acids is 2. The molecule has 0 saturated carbocycles. The van der Waals surface area contributed by atoms with E-state index < -0.39 is 12.1 Å².